The van der Waals surface area contributed by atoms with E-state index >= 15 is 0 Å². The summed E-state index contributed by atoms with van der Waals surface area (Å²) in [6.45, 7) is 1.63. The average molecular weight is 201 g/mol. The van der Waals surface area contributed by atoms with Crippen LogP contribution in [0.1, 0.15) is 12.5 Å². The SMILES string of the molecule is CC(O)(CN)Cc1ccc(F)c(F)c1. The van der Waals surface area contributed by atoms with E-state index in [0.29, 0.717) is 5.56 Å². The van der Waals surface area contributed by atoms with E-state index in [1.54, 1.807) is 6.92 Å². The van der Waals surface area contributed by atoms with E-state index < -0.39 is 17.2 Å². The first-order chi connectivity index (χ1) is 6.44. The highest BCUT2D eigenvalue weighted by Gasteiger charge is 2.19. The molecular weight excluding hydrogens is 188 g/mol. The van der Waals surface area contributed by atoms with Crippen LogP contribution in [0.15, 0.2) is 18.2 Å². The smallest absolute Gasteiger partial charge is 0.159 e. The number of hydrogen-bond donors (Lipinski definition) is 2. The molecule has 0 radical (unpaired) electrons. The molecule has 0 fully saturated rings. The van der Waals surface area contributed by atoms with Gasteiger partial charge in [-0.05, 0) is 24.6 Å². The molecule has 0 amide bonds. The van der Waals surface area contributed by atoms with Crippen LogP contribution in [0.4, 0.5) is 8.78 Å². The first kappa shape index (κ1) is 11.1. The van der Waals surface area contributed by atoms with E-state index in [1.165, 1.54) is 6.07 Å². The molecule has 0 aliphatic rings. The predicted molar refractivity (Wildman–Crippen MR) is 49.7 cm³/mol. The standard InChI is InChI=1S/C10H13F2NO/c1-10(14,6-13)5-7-2-3-8(11)9(12)4-7/h2-4,14H,5-6,13H2,1H3. The number of hydrogen-bond acceptors (Lipinski definition) is 2. The molecular formula is C10H13F2NO. The Bertz CT molecular complexity index is 326. The van der Waals surface area contributed by atoms with E-state index in [-0.39, 0.29) is 13.0 Å². The summed E-state index contributed by atoms with van der Waals surface area (Å²) in [5.74, 6) is -1.79. The minimum absolute atomic E-state index is 0.0754. The van der Waals surface area contributed by atoms with E-state index in [1.807, 2.05) is 0 Å². The molecule has 1 aromatic carbocycles. The topological polar surface area (TPSA) is 46.2 Å². The fraction of sp³-hybridized carbons (Fsp3) is 0.400. The van der Waals surface area contributed by atoms with Crippen molar-refractivity contribution in [3.05, 3.63) is 35.4 Å². The van der Waals surface area contributed by atoms with Crippen molar-refractivity contribution in [2.24, 2.45) is 5.73 Å². The first-order valence-corrected chi connectivity index (χ1v) is 4.31. The molecule has 1 rings (SSSR count). The van der Waals surface area contributed by atoms with Crippen LogP contribution in [0.2, 0.25) is 0 Å². The van der Waals surface area contributed by atoms with E-state index in [0.717, 1.165) is 12.1 Å². The summed E-state index contributed by atoms with van der Waals surface area (Å²) in [5, 5.41) is 9.60. The highest BCUT2D eigenvalue weighted by molar-refractivity contribution is 5.19. The van der Waals surface area contributed by atoms with Crippen LogP contribution in [-0.2, 0) is 6.42 Å². The molecule has 0 saturated carbocycles. The van der Waals surface area contributed by atoms with Gasteiger partial charge < -0.3 is 10.8 Å². The van der Waals surface area contributed by atoms with Crippen molar-refractivity contribution >= 4 is 0 Å². The molecule has 0 bridgehead atoms. The molecule has 14 heavy (non-hydrogen) atoms. The molecule has 1 unspecified atom stereocenters. The number of benzene rings is 1. The van der Waals surface area contributed by atoms with Crippen molar-refractivity contribution < 1.29 is 13.9 Å². The number of rotatable bonds is 3. The second-order valence-corrected chi connectivity index (χ2v) is 3.63. The summed E-state index contributed by atoms with van der Waals surface area (Å²) in [5.41, 5.74) is 4.75. The van der Waals surface area contributed by atoms with E-state index in [4.69, 9.17) is 5.73 Å². The van der Waals surface area contributed by atoms with Gasteiger partial charge in [0, 0.05) is 13.0 Å². The quantitative estimate of drug-likeness (QED) is 0.772. The third-order valence-electron chi connectivity index (χ3n) is 2.01. The maximum absolute atomic E-state index is 12.8. The maximum Gasteiger partial charge on any atom is 0.159 e. The minimum atomic E-state index is -1.08. The minimum Gasteiger partial charge on any atom is -0.389 e. The fourth-order valence-electron chi connectivity index (χ4n) is 1.16. The Balaban J connectivity index is 2.83. The molecule has 0 aliphatic heterocycles. The molecule has 2 nitrogen and oxygen atoms in total. The van der Waals surface area contributed by atoms with Crippen LogP contribution in [0.5, 0.6) is 0 Å². The van der Waals surface area contributed by atoms with Crippen LogP contribution < -0.4 is 5.73 Å². The molecule has 3 N–H and O–H groups in total. The third kappa shape index (κ3) is 2.75. The van der Waals surface area contributed by atoms with Crippen molar-refractivity contribution in [3.63, 3.8) is 0 Å². The van der Waals surface area contributed by atoms with Gasteiger partial charge in [-0.1, -0.05) is 6.07 Å². The highest BCUT2D eigenvalue weighted by Crippen LogP contribution is 2.14. The number of nitrogens with two attached hydrogens (primary N) is 1. The second kappa shape index (κ2) is 4.02. The lowest BCUT2D eigenvalue weighted by atomic mass is 9.97. The zero-order valence-corrected chi connectivity index (χ0v) is 7.93. The summed E-state index contributed by atoms with van der Waals surface area (Å²) < 4.78 is 25.3. The summed E-state index contributed by atoms with van der Waals surface area (Å²) in [6.07, 6.45) is 0.209. The van der Waals surface area contributed by atoms with Gasteiger partial charge in [-0.3, -0.25) is 0 Å². The van der Waals surface area contributed by atoms with Crippen molar-refractivity contribution in [2.45, 2.75) is 18.9 Å². The second-order valence-electron chi connectivity index (χ2n) is 3.63. The molecule has 1 aromatic rings. The summed E-state index contributed by atoms with van der Waals surface area (Å²) >= 11 is 0. The average Bonchev–Trinajstić information content (AvgIpc) is 2.11. The molecule has 78 valence electrons. The van der Waals surface area contributed by atoms with Crippen molar-refractivity contribution in [2.75, 3.05) is 6.54 Å². The Kier molecular flexibility index (Phi) is 3.18. The van der Waals surface area contributed by atoms with E-state index in [2.05, 4.69) is 0 Å². The highest BCUT2D eigenvalue weighted by atomic mass is 19.2. The molecule has 0 aromatic heterocycles. The van der Waals surface area contributed by atoms with Gasteiger partial charge in [-0.15, -0.1) is 0 Å². The van der Waals surface area contributed by atoms with Gasteiger partial charge in [0.1, 0.15) is 0 Å². The van der Waals surface area contributed by atoms with Gasteiger partial charge in [0.2, 0.25) is 0 Å². The molecule has 0 heterocycles. The van der Waals surface area contributed by atoms with Crippen molar-refractivity contribution in [1.82, 2.24) is 0 Å². The third-order valence-corrected chi connectivity index (χ3v) is 2.01. The van der Waals surface area contributed by atoms with Gasteiger partial charge in [-0.2, -0.15) is 0 Å². The van der Waals surface area contributed by atoms with Gasteiger partial charge in [0.25, 0.3) is 0 Å². The van der Waals surface area contributed by atoms with Crippen LogP contribution in [0.3, 0.4) is 0 Å². The Morgan fingerprint density at radius 1 is 1.36 bits per heavy atom. The van der Waals surface area contributed by atoms with Crippen LogP contribution in [0.25, 0.3) is 0 Å². The summed E-state index contributed by atoms with van der Waals surface area (Å²) in [4.78, 5) is 0. The lowest BCUT2D eigenvalue weighted by molar-refractivity contribution is 0.0695. The van der Waals surface area contributed by atoms with Gasteiger partial charge >= 0.3 is 0 Å². The Morgan fingerprint density at radius 3 is 2.50 bits per heavy atom. The van der Waals surface area contributed by atoms with Gasteiger partial charge in [0.05, 0.1) is 5.60 Å². The van der Waals surface area contributed by atoms with Crippen molar-refractivity contribution in [3.8, 4) is 0 Å². The molecule has 4 heteroatoms. The number of halogens is 2. The Hall–Kier alpha value is -1.00. The monoisotopic (exact) mass is 201 g/mol. The van der Waals surface area contributed by atoms with Crippen LogP contribution in [0, 0.1) is 11.6 Å². The van der Waals surface area contributed by atoms with Crippen LogP contribution in [-0.4, -0.2) is 17.3 Å². The lowest BCUT2D eigenvalue weighted by Crippen LogP contribution is -2.36. The van der Waals surface area contributed by atoms with Crippen LogP contribution >= 0.6 is 0 Å². The first-order valence-electron chi connectivity index (χ1n) is 4.31. The zero-order valence-electron chi connectivity index (χ0n) is 7.93. The Labute approximate surface area is 81.4 Å². The normalized spacial score (nSPS) is 15.2. The maximum atomic E-state index is 12.8. The molecule has 0 aliphatic carbocycles. The zero-order chi connectivity index (χ0) is 10.8. The molecule has 0 saturated heterocycles. The molecule has 0 spiro atoms. The fourth-order valence-corrected chi connectivity index (χ4v) is 1.16. The van der Waals surface area contributed by atoms with Crippen molar-refractivity contribution in [1.29, 1.82) is 0 Å². The van der Waals surface area contributed by atoms with Gasteiger partial charge in [-0.25, -0.2) is 8.78 Å². The largest absolute Gasteiger partial charge is 0.389 e. The Morgan fingerprint density at radius 2 is 2.00 bits per heavy atom. The lowest BCUT2D eigenvalue weighted by Gasteiger charge is -2.20. The predicted octanol–water partition coefficient (Wildman–Crippen LogP) is 1.22. The van der Waals surface area contributed by atoms with E-state index in [9.17, 15) is 13.9 Å². The molecule has 1 atom stereocenters. The number of aliphatic hydroxyl groups is 1. The summed E-state index contributed by atoms with van der Waals surface area (Å²) in [6, 6.07) is 3.54. The van der Waals surface area contributed by atoms with Gasteiger partial charge in [0.15, 0.2) is 11.6 Å². The summed E-state index contributed by atoms with van der Waals surface area (Å²) in [7, 11) is 0.